The van der Waals surface area contributed by atoms with Crippen LogP contribution < -0.4 is 0 Å². The van der Waals surface area contributed by atoms with Gasteiger partial charge in [-0.05, 0) is 38.5 Å². The lowest BCUT2D eigenvalue weighted by Crippen LogP contribution is -2.21. The van der Waals surface area contributed by atoms with E-state index in [1.54, 1.807) is 0 Å². The lowest BCUT2D eigenvalue weighted by atomic mass is 10.1. The highest BCUT2D eigenvalue weighted by atomic mass is 31.2. The third-order valence-electron chi connectivity index (χ3n) is 4.84. The quantitative estimate of drug-likeness (QED) is 0.221. The molecule has 0 spiro atoms. The van der Waals surface area contributed by atoms with Gasteiger partial charge < -0.3 is 0 Å². The lowest BCUT2D eigenvalue weighted by molar-refractivity contribution is 0.0207. The van der Waals surface area contributed by atoms with E-state index in [4.69, 9.17) is 13.6 Å². The number of hydrogen-bond donors (Lipinski definition) is 0. The average Bonchev–Trinajstić information content (AvgIpc) is 2.65. The van der Waals surface area contributed by atoms with E-state index in [2.05, 4.69) is 41.5 Å². The first-order chi connectivity index (χ1) is 12.5. The van der Waals surface area contributed by atoms with Gasteiger partial charge in [-0.1, -0.05) is 80.1 Å². The van der Waals surface area contributed by atoms with Gasteiger partial charge in [0.05, 0.1) is 18.3 Å². The number of rotatable bonds is 18. The molecule has 3 atom stereocenters. The predicted molar refractivity (Wildman–Crippen MR) is 112 cm³/mol. The van der Waals surface area contributed by atoms with Crippen LogP contribution in [0.25, 0.3) is 0 Å². The maximum atomic E-state index is 13.5. The van der Waals surface area contributed by atoms with Crippen molar-refractivity contribution in [3.05, 3.63) is 0 Å². The zero-order valence-corrected chi connectivity index (χ0v) is 19.2. The summed E-state index contributed by atoms with van der Waals surface area (Å²) in [6, 6.07) is 0. The van der Waals surface area contributed by atoms with Crippen molar-refractivity contribution in [2.75, 3.05) is 0 Å². The van der Waals surface area contributed by atoms with E-state index >= 15 is 0 Å². The van der Waals surface area contributed by atoms with Crippen LogP contribution in [0.15, 0.2) is 0 Å². The number of phosphoric acid groups is 1. The Morgan fingerprint density at radius 2 is 0.846 bits per heavy atom. The van der Waals surface area contributed by atoms with Crippen molar-refractivity contribution >= 4 is 7.82 Å². The Balaban J connectivity index is 5.16. The Hall–Kier alpha value is 0.110. The molecule has 0 aromatic heterocycles. The summed E-state index contributed by atoms with van der Waals surface area (Å²) in [5, 5.41) is 0. The summed E-state index contributed by atoms with van der Waals surface area (Å²) < 4.78 is 31.6. The molecule has 0 fully saturated rings. The van der Waals surface area contributed by atoms with Crippen molar-refractivity contribution in [2.45, 2.75) is 137 Å². The van der Waals surface area contributed by atoms with Crippen molar-refractivity contribution in [1.82, 2.24) is 0 Å². The Bertz CT molecular complexity index is 310. The third-order valence-corrected chi connectivity index (χ3v) is 6.51. The summed E-state index contributed by atoms with van der Waals surface area (Å²) in [7, 11) is -3.56. The largest absolute Gasteiger partial charge is 0.475 e. The van der Waals surface area contributed by atoms with Crippen LogP contribution in [0.1, 0.15) is 119 Å². The first-order valence-corrected chi connectivity index (χ1v) is 12.6. The van der Waals surface area contributed by atoms with Crippen LogP contribution in [0.2, 0.25) is 0 Å². The first-order valence-electron chi connectivity index (χ1n) is 11.1. The molecule has 0 aliphatic heterocycles. The number of unbranched alkanes of at least 4 members (excludes halogenated alkanes) is 3. The van der Waals surface area contributed by atoms with Crippen LogP contribution in [0.4, 0.5) is 0 Å². The molecule has 3 unspecified atom stereocenters. The van der Waals surface area contributed by atoms with Gasteiger partial charge in [-0.15, -0.1) is 0 Å². The molecule has 0 radical (unpaired) electrons. The van der Waals surface area contributed by atoms with Crippen molar-refractivity contribution < 1.29 is 18.1 Å². The Morgan fingerprint density at radius 3 is 1.04 bits per heavy atom. The van der Waals surface area contributed by atoms with Crippen molar-refractivity contribution in [1.29, 1.82) is 0 Å². The molecular weight excluding hydrogens is 347 g/mol. The number of phosphoric ester groups is 1. The van der Waals surface area contributed by atoms with Crippen LogP contribution in [-0.2, 0) is 18.1 Å². The maximum absolute atomic E-state index is 13.5. The molecule has 26 heavy (non-hydrogen) atoms. The third kappa shape index (κ3) is 11.7. The van der Waals surface area contributed by atoms with E-state index in [0.29, 0.717) is 0 Å². The molecule has 0 saturated carbocycles. The summed E-state index contributed by atoms with van der Waals surface area (Å²) >= 11 is 0. The van der Waals surface area contributed by atoms with Gasteiger partial charge in [0.1, 0.15) is 0 Å². The molecule has 4 nitrogen and oxygen atoms in total. The lowest BCUT2D eigenvalue weighted by Gasteiger charge is -2.29. The zero-order valence-electron chi connectivity index (χ0n) is 18.3. The molecule has 0 aliphatic carbocycles. The van der Waals surface area contributed by atoms with Crippen LogP contribution in [-0.4, -0.2) is 18.3 Å². The van der Waals surface area contributed by atoms with Crippen LogP contribution in [0.3, 0.4) is 0 Å². The Morgan fingerprint density at radius 1 is 0.577 bits per heavy atom. The zero-order chi connectivity index (χ0) is 19.8. The van der Waals surface area contributed by atoms with Gasteiger partial charge in [0.2, 0.25) is 0 Å². The SMILES string of the molecule is CCCCC(CC)OP(=O)(OC(CC)CCCC)OC(CC)CCCC. The highest BCUT2D eigenvalue weighted by Gasteiger charge is 2.35. The van der Waals surface area contributed by atoms with Crippen LogP contribution in [0, 0.1) is 0 Å². The molecule has 0 aliphatic rings. The minimum atomic E-state index is -3.56. The highest BCUT2D eigenvalue weighted by molar-refractivity contribution is 7.48. The monoisotopic (exact) mass is 392 g/mol. The van der Waals surface area contributed by atoms with Crippen molar-refractivity contribution in [3.8, 4) is 0 Å². The molecular formula is C21H45O4P. The van der Waals surface area contributed by atoms with Gasteiger partial charge in [0.25, 0.3) is 0 Å². The molecule has 0 amide bonds. The van der Waals surface area contributed by atoms with Crippen molar-refractivity contribution in [2.24, 2.45) is 0 Å². The predicted octanol–water partition coefficient (Wildman–Crippen LogP) is 8.05. The summed E-state index contributed by atoms with van der Waals surface area (Å²) in [5.41, 5.74) is 0. The normalized spacial score (nSPS) is 17.6. The maximum Gasteiger partial charge on any atom is 0.475 e. The summed E-state index contributed by atoms with van der Waals surface area (Å²) in [4.78, 5) is 0. The Kier molecular flexibility index (Phi) is 16.2. The van der Waals surface area contributed by atoms with Gasteiger partial charge in [-0.2, -0.15) is 0 Å². The summed E-state index contributed by atoms with van der Waals surface area (Å²) in [6.45, 7) is 12.7. The molecule has 158 valence electrons. The van der Waals surface area contributed by atoms with Gasteiger partial charge in [-0.25, -0.2) is 4.57 Å². The molecule has 0 aromatic rings. The molecule has 0 saturated heterocycles. The second-order valence-electron chi connectivity index (χ2n) is 7.28. The average molecular weight is 393 g/mol. The van der Waals surface area contributed by atoms with E-state index < -0.39 is 7.82 Å². The van der Waals surface area contributed by atoms with Crippen LogP contribution in [0.5, 0.6) is 0 Å². The van der Waals surface area contributed by atoms with Gasteiger partial charge in [0.15, 0.2) is 0 Å². The molecule has 0 heterocycles. The van der Waals surface area contributed by atoms with E-state index in [1.807, 2.05) is 0 Å². The fourth-order valence-corrected chi connectivity index (χ4v) is 4.92. The minimum absolute atomic E-state index is 0.0619. The minimum Gasteiger partial charge on any atom is -0.284 e. The topological polar surface area (TPSA) is 44.8 Å². The fourth-order valence-electron chi connectivity index (χ4n) is 2.91. The van der Waals surface area contributed by atoms with E-state index in [-0.39, 0.29) is 18.3 Å². The number of hydrogen-bond acceptors (Lipinski definition) is 4. The van der Waals surface area contributed by atoms with E-state index in [0.717, 1.165) is 77.0 Å². The second kappa shape index (κ2) is 16.1. The highest BCUT2D eigenvalue weighted by Crippen LogP contribution is 2.55. The Labute approximate surface area is 163 Å². The van der Waals surface area contributed by atoms with Gasteiger partial charge >= 0.3 is 7.82 Å². The molecule has 5 heteroatoms. The molecule has 0 bridgehead atoms. The second-order valence-corrected chi connectivity index (χ2v) is 8.81. The summed E-state index contributed by atoms with van der Waals surface area (Å²) in [5.74, 6) is 0. The summed E-state index contributed by atoms with van der Waals surface area (Å²) in [6.07, 6.45) is 11.5. The van der Waals surface area contributed by atoms with Crippen molar-refractivity contribution in [3.63, 3.8) is 0 Å². The van der Waals surface area contributed by atoms with Crippen LogP contribution >= 0.6 is 7.82 Å². The molecule has 0 aromatic carbocycles. The van der Waals surface area contributed by atoms with Gasteiger partial charge in [0, 0.05) is 0 Å². The fraction of sp³-hybridized carbons (Fsp3) is 1.00. The first kappa shape index (κ1) is 26.1. The smallest absolute Gasteiger partial charge is 0.284 e. The standard InChI is InChI=1S/C21H45O4P/c1-7-13-16-19(10-4)23-26(22,24-20(11-5)17-14-8-2)25-21(12-6)18-15-9-3/h19-21H,7-18H2,1-6H3. The molecule has 0 rings (SSSR count). The van der Waals surface area contributed by atoms with Gasteiger partial charge in [-0.3, -0.25) is 13.6 Å². The van der Waals surface area contributed by atoms with E-state index in [9.17, 15) is 4.57 Å². The van der Waals surface area contributed by atoms with E-state index in [1.165, 1.54) is 0 Å². The molecule has 0 N–H and O–H groups in total.